The SMILES string of the molecule is c1ccc2c(c1)c1ccccc1c1cc3c(cc21)sc1cnccc13. The summed E-state index contributed by atoms with van der Waals surface area (Å²) in [5, 5.41) is 10.6. The van der Waals surface area contributed by atoms with E-state index in [4.69, 9.17) is 0 Å². The largest absolute Gasteiger partial charge is 0.263 e. The highest BCUT2D eigenvalue weighted by atomic mass is 32.1. The number of benzene rings is 4. The number of aromatic nitrogens is 1. The Morgan fingerprint density at radius 2 is 1.12 bits per heavy atom. The van der Waals surface area contributed by atoms with Crippen LogP contribution in [0.25, 0.3) is 52.5 Å². The summed E-state index contributed by atoms with van der Waals surface area (Å²) in [6, 6.07) is 24.3. The van der Waals surface area contributed by atoms with Crippen LogP contribution in [0.3, 0.4) is 0 Å². The summed E-state index contributed by atoms with van der Waals surface area (Å²) in [5.41, 5.74) is 0. The fourth-order valence-corrected chi connectivity index (χ4v) is 5.12. The molecule has 0 amide bonds. The maximum Gasteiger partial charge on any atom is 0.0538 e. The van der Waals surface area contributed by atoms with Crippen LogP contribution in [0.5, 0.6) is 0 Å². The Balaban J connectivity index is 1.96. The van der Waals surface area contributed by atoms with Crippen molar-refractivity contribution in [3.05, 3.63) is 79.1 Å². The highest BCUT2D eigenvalue weighted by Gasteiger charge is 2.12. The second-order valence-corrected chi connectivity index (χ2v) is 7.54. The molecule has 0 saturated heterocycles. The number of thiophene rings is 1. The third-order valence-corrected chi connectivity index (χ3v) is 6.24. The van der Waals surface area contributed by atoms with Crippen LogP contribution in [0.2, 0.25) is 0 Å². The van der Waals surface area contributed by atoms with Gasteiger partial charge in [0.15, 0.2) is 0 Å². The molecule has 0 atom stereocenters. The van der Waals surface area contributed by atoms with Gasteiger partial charge in [-0.05, 0) is 50.5 Å². The van der Waals surface area contributed by atoms with Crippen LogP contribution in [0.4, 0.5) is 0 Å². The smallest absolute Gasteiger partial charge is 0.0538 e. The van der Waals surface area contributed by atoms with Crippen LogP contribution >= 0.6 is 11.3 Å². The van der Waals surface area contributed by atoms with E-state index in [1.807, 2.05) is 23.7 Å². The molecule has 0 aliphatic heterocycles. The first-order chi connectivity index (χ1) is 12.4. The molecule has 0 aliphatic rings. The van der Waals surface area contributed by atoms with Gasteiger partial charge in [0.25, 0.3) is 0 Å². The minimum Gasteiger partial charge on any atom is -0.263 e. The Hall–Kier alpha value is -2.97. The summed E-state index contributed by atoms with van der Waals surface area (Å²) >= 11 is 1.83. The Morgan fingerprint density at radius 1 is 0.520 bits per heavy atom. The van der Waals surface area contributed by atoms with Gasteiger partial charge in [-0.15, -0.1) is 11.3 Å². The molecular formula is C23H13NS. The van der Waals surface area contributed by atoms with E-state index in [2.05, 4.69) is 71.7 Å². The van der Waals surface area contributed by atoms with Gasteiger partial charge in [0.2, 0.25) is 0 Å². The van der Waals surface area contributed by atoms with Crippen molar-refractivity contribution < 1.29 is 0 Å². The highest BCUT2D eigenvalue weighted by Crippen LogP contribution is 2.41. The zero-order chi connectivity index (χ0) is 16.4. The minimum absolute atomic E-state index is 1.25. The first-order valence-corrected chi connectivity index (χ1v) is 9.21. The Bertz CT molecular complexity index is 1440. The van der Waals surface area contributed by atoms with Gasteiger partial charge >= 0.3 is 0 Å². The van der Waals surface area contributed by atoms with Crippen molar-refractivity contribution in [2.24, 2.45) is 0 Å². The summed E-state index contributed by atoms with van der Waals surface area (Å²) in [5.74, 6) is 0. The zero-order valence-electron chi connectivity index (χ0n) is 13.4. The molecule has 2 aromatic heterocycles. The van der Waals surface area contributed by atoms with E-state index < -0.39 is 0 Å². The maximum atomic E-state index is 4.29. The molecule has 0 saturated carbocycles. The lowest BCUT2D eigenvalue weighted by Crippen LogP contribution is -1.82. The molecule has 4 aromatic carbocycles. The second kappa shape index (κ2) is 4.78. The van der Waals surface area contributed by atoms with E-state index in [1.165, 1.54) is 52.5 Å². The third-order valence-electron chi connectivity index (χ3n) is 5.14. The Kier molecular flexibility index (Phi) is 2.55. The normalized spacial score (nSPS) is 12.0. The van der Waals surface area contributed by atoms with Gasteiger partial charge in [-0.2, -0.15) is 0 Å². The molecule has 0 fully saturated rings. The molecule has 6 rings (SSSR count). The third kappa shape index (κ3) is 1.75. The number of rotatable bonds is 0. The molecule has 0 spiro atoms. The standard InChI is InChI=1S/C23H13NS/c1-3-7-16-14(5-1)15-6-2-4-8-17(15)20-12-22-21(11-19(16)20)18-9-10-24-13-23(18)25-22/h1-13H. The van der Waals surface area contributed by atoms with Gasteiger partial charge in [-0.25, -0.2) is 0 Å². The van der Waals surface area contributed by atoms with Gasteiger partial charge < -0.3 is 0 Å². The van der Waals surface area contributed by atoms with E-state index >= 15 is 0 Å². The van der Waals surface area contributed by atoms with Crippen molar-refractivity contribution in [1.29, 1.82) is 0 Å². The van der Waals surface area contributed by atoms with Crippen molar-refractivity contribution in [2.45, 2.75) is 0 Å². The number of pyridine rings is 1. The summed E-state index contributed by atoms with van der Waals surface area (Å²) in [6.07, 6.45) is 3.86. The van der Waals surface area contributed by atoms with E-state index in [1.54, 1.807) is 0 Å². The van der Waals surface area contributed by atoms with Crippen molar-refractivity contribution in [1.82, 2.24) is 4.98 Å². The van der Waals surface area contributed by atoms with E-state index in [0.29, 0.717) is 0 Å². The van der Waals surface area contributed by atoms with Crippen LogP contribution in [-0.2, 0) is 0 Å². The topological polar surface area (TPSA) is 12.9 Å². The van der Waals surface area contributed by atoms with Crippen LogP contribution < -0.4 is 0 Å². The zero-order valence-corrected chi connectivity index (χ0v) is 14.2. The lowest BCUT2D eigenvalue weighted by Gasteiger charge is -2.10. The first-order valence-electron chi connectivity index (χ1n) is 8.39. The maximum absolute atomic E-state index is 4.29. The van der Waals surface area contributed by atoms with E-state index in [0.717, 1.165) is 0 Å². The molecule has 25 heavy (non-hydrogen) atoms. The van der Waals surface area contributed by atoms with Gasteiger partial charge in [-0.1, -0.05) is 48.5 Å². The van der Waals surface area contributed by atoms with Crippen LogP contribution in [0.15, 0.2) is 79.1 Å². The average Bonchev–Trinajstić information content (AvgIpc) is 3.04. The molecule has 0 aliphatic carbocycles. The molecule has 2 heterocycles. The number of fused-ring (bicyclic) bond motifs is 9. The summed E-state index contributed by atoms with van der Waals surface area (Å²) in [6.45, 7) is 0. The van der Waals surface area contributed by atoms with Gasteiger partial charge in [-0.3, -0.25) is 4.98 Å². The number of hydrogen-bond donors (Lipinski definition) is 0. The van der Waals surface area contributed by atoms with Crippen molar-refractivity contribution in [2.75, 3.05) is 0 Å². The van der Waals surface area contributed by atoms with Crippen LogP contribution in [0, 0.1) is 0 Å². The summed E-state index contributed by atoms with van der Waals surface area (Å²) in [7, 11) is 0. The summed E-state index contributed by atoms with van der Waals surface area (Å²) in [4.78, 5) is 4.29. The van der Waals surface area contributed by atoms with Crippen molar-refractivity contribution >= 4 is 63.8 Å². The molecule has 2 heteroatoms. The van der Waals surface area contributed by atoms with E-state index in [9.17, 15) is 0 Å². The van der Waals surface area contributed by atoms with E-state index in [-0.39, 0.29) is 0 Å². The quantitative estimate of drug-likeness (QED) is 0.275. The molecule has 0 unspecified atom stereocenters. The molecule has 0 N–H and O–H groups in total. The number of hydrogen-bond acceptors (Lipinski definition) is 2. The Morgan fingerprint density at radius 3 is 1.80 bits per heavy atom. The van der Waals surface area contributed by atoms with Gasteiger partial charge in [0.1, 0.15) is 0 Å². The van der Waals surface area contributed by atoms with Gasteiger partial charge in [0, 0.05) is 27.9 Å². The van der Waals surface area contributed by atoms with Crippen molar-refractivity contribution in [3.8, 4) is 0 Å². The molecule has 0 bridgehead atoms. The molecule has 0 radical (unpaired) electrons. The molecule has 1 nitrogen and oxygen atoms in total. The predicted molar refractivity (Wildman–Crippen MR) is 110 cm³/mol. The molecule has 116 valence electrons. The minimum atomic E-state index is 1.25. The van der Waals surface area contributed by atoms with Crippen molar-refractivity contribution in [3.63, 3.8) is 0 Å². The summed E-state index contributed by atoms with van der Waals surface area (Å²) < 4.78 is 2.58. The average molecular weight is 335 g/mol. The fraction of sp³-hybridized carbons (Fsp3) is 0. The van der Waals surface area contributed by atoms with Crippen LogP contribution in [0.1, 0.15) is 0 Å². The highest BCUT2D eigenvalue weighted by molar-refractivity contribution is 7.25. The lowest BCUT2D eigenvalue weighted by atomic mass is 9.93. The number of nitrogens with zero attached hydrogens (tertiary/aromatic N) is 1. The fourth-order valence-electron chi connectivity index (χ4n) is 4.03. The lowest BCUT2D eigenvalue weighted by molar-refractivity contribution is 1.37. The Labute approximate surface area is 148 Å². The van der Waals surface area contributed by atoms with Crippen LogP contribution in [-0.4, -0.2) is 4.98 Å². The predicted octanol–water partition coefficient (Wildman–Crippen LogP) is 6.91. The van der Waals surface area contributed by atoms with Gasteiger partial charge in [0.05, 0.1) is 4.70 Å². The monoisotopic (exact) mass is 335 g/mol. The second-order valence-electron chi connectivity index (χ2n) is 6.46. The molecule has 6 aromatic rings. The first kappa shape index (κ1) is 13.3. The molecular weight excluding hydrogens is 322 g/mol.